The number of hydrogen-bond donors (Lipinski definition) is 0. The van der Waals surface area contributed by atoms with Crippen LogP contribution in [0.25, 0.3) is 0 Å². The first-order chi connectivity index (χ1) is 7.60. The molecule has 5 nitrogen and oxygen atoms in total. The van der Waals surface area contributed by atoms with Gasteiger partial charge in [-0.15, -0.1) is 10.2 Å². The molecule has 1 heterocycles. The number of methoxy groups -OCH3 is 1. The Kier molecular flexibility index (Phi) is 5.11. The maximum atomic E-state index is 12.0. The summed E-state index contributed by atoms with van der Waals surface area (Å²) < 4.78 is 5.30. The van der Waals surface area contributed by atoms with Gasteiger partial charge >= 0.3 is 0 Å². The van der Waals surface area contributed by atoms with Crippen LogP contribution in [0, 0.1) is 0 Å². The maximum absolute atomic E-state index is 12.0. The molecule has 16 heavy (non-hydrogen) atoms. The third-order valence-electron chi connectivity index (χ3n) is 2.12. The fourth-order valence-electron chi connectivity index (χ4n) is 1.40. The average molecular weight is 264 g/mol. The zero-order chi connectivity index (χ0) is 12.1. The molecule has 0 bridgehead atoms. The highest BCUT2D eigenvalue weighted by atomic mass is 35.5. The van der Waals surface area contributed by atoms with E-state index in [0.29, 0.717) is 18.2 Å². The smallest absolute Gasteiger partial charge is 0.285 e. The first-order valence-electron chi connectivity index (χ1n) is 4.89. The molecule has 0 aliphatic rings. The van der Waals surface area contributed by atoms with E-state index in [1.807, 2.05) is 13.8 Å². The summed E-state index contributed by atoms with van der Waals surface area (Å²) in [5, 5.41) is 7.66. The molecule has 1 amide bonds. The van der Waals surface area contributed by atoms with Crippen LogP contribution in [0.4, 0.5) is 0 Å². The molecule has 90 valence electrons. The molecule has 1 unspecified atom stereocenters. The van der Waals surface area contributed by atoms with Crippen molar-refractivity contribution in [2.24, 2.45) is 0 Å². The van der Waals surface area contributed by atoms with Crippen molar-refractivity contribution in [2.45, 2.75) is 19.9 Å². The van der Waals surface area contributed by atoms with E-state index in [1.165, 1.54) is 0 Å². The van der Waals surface area contributed by atoms with Gasteiger partial charge in [0.15, 0.2) is 0 Å². The zero-order valence-electron chi connectivity index (χ0n) is 9.44. The second-order valence-electron chi connectivity index (χ2n) is 3.26. The standard InChI is InChI=1S/C9H14ClN3O2S/c1-4-13(6(2)5-15-3)8(14)7-11-12-9(10)16-7/h6H,4-5H2,1-3H3. The largest absolute Gasteiger partial charge is 0.383 e. The van der Waals surface area contributed by atoms with E-state index in [9.17, 15) is 4.79 Å². The summed E-state index contributed by atoms with van der Waals surface area (Å²) in [5.74, 6) is -0.156. The van der Waals surface area contributed by atoms with Gasteiger partial charge in [-0.3, -0.25) is 4.79 Å². The topological polar surface area (TPSA) is 55.3 Å². The van der Waals surface area contributed by atoms with Crippen LogP contribution in [0.1, 0.15) is 23.6 Å². The van der Waals surface area contributed by atoms with E-state index in [0.717, 1.165) is 11.3 Å². The lowest BCUT2D eigenvalue weighted by Crippen LogP contribution is -2.40. The number of ether oxygens (including phenoxy) is 1. The van der Waals surface area contributed by atoms with Crippen molar-refractivity contribution in [3.8, 4) is 0 Å². The Morgan fingerprint density at radius 1 is 1.62 bits per heavy atom. The summed E-state index contributed by atoms with van der Waals surface area (Å²) in [6, 6.07) is 0.00479. The molecule has 0 aliphatic heterocycles. The van der Waals surface area contributed by atoms with Gasteiger partial charge in [-0.2, -0.15) is 0 Å². The lowest BCUT2D eigenvalue weighted by atomic mass is 10.3. The Morgan fingerprint density at radius 3 is 2.75 bits per heavy atom. The molecule has 0 fully saturated rings. The number of hydrogen-bond acceptors (Lipinski definition) is 5. The summed E-state index contributed by atoms with van der Waals surface area (Å²) in [7, 11) is 1.61. The lowest BCUT2D eigenvalue weighted by molar-refractivity contribution is 0.0578. The summed E-state index contributed by atoms with van der Waals surface area (Å²) in [5.41, 5.74) is 0. The average Bonchev–Trinajstić information content (AvgIpc) is 2.66. The predicted octanol–water partition coefficient (Wildman–Crippen LogP) is 1.69. The van der Waals surface area contributed by atoms with Gasteiger partial charge in [0.2, 0.25) is 9.47 Å². The minimum atomic E-state index is -0.156. The third-order valence-corrected chi connectivity index (χ3v) is 3.13. The molecule has 0 saturated heterocycles. The summed E-state index contributed by atoms with van der Waals surface area (Å²) in [6.07, 6.45) is 0. The van der Waals surface area contributed by atoms with Crippen LogP contribution < -0.4 is 0 Å². The number of carbonyl (C=O) groups excluding carboxylic acids is 1. The van der Waals surface area contributed by atoms with Gasteiger partial charge in [0, 0.05) is 13.7 Å². The Morgan fingerprint density at radius 2 is 2.31 bits per heavy atom. The second-order valence-corrected chi connectivity index (χ2v) is 4.82. The number of halogens is 1. The highest BCUT2D eigenvalue weighted by molar-refractivity contribution is 7.17. The van der Waals surface area contributed by atoms with Crippen molar-refractivity contribution in [1.29, 1.82) is 0 Å². The van der Waals surface area contributed by atoms with Crippen LogP contribution in [0.15, 0.2) is 0 Å². The SMILES string of the molecule is CCN(C(=O)c1nnc(Cl)s1)C(C)COC. The summed E-state index contributed by atoms with van der Waals surface area (Å²) in [4.78, 5) is 13.7. The molecule has 7 heteroatoms. The van der Waals surface area contributed by atoms with Gasteiger partial charge in [-0.05, 0) is 25.4 Å². The van der Waals surface area contributed by atoms with E-state index >= 15 is 0 Å². The molecule has 1 aromatic rings. The van der Waals surface area contributed by atoms with Crippen molar-refractivity contribution in [3.05, 3.63) is 9.47 Å². The minimum Gasteiger partial charge on any atom is -0.383 e. The van der Waals surface area contributed by atoms with Crippen LogP contribution in [-0.4, -0.2) is 47.3 Å². The maximum Gasteiger partial charge on any atom is 0.285 e. The molecule has 1 rings (SSSR count). The number of carbonyl (C=O) groups is 1. The monoisotopic (exact) mass is 263 g/mol. The van der Waals surface area contributed by atoms with E-state index < -0.39 is 0 Å². The Labute approximate surface area is 103 Å². The van der Waals surface area contributed by atoms with E-state index in [-0.39, 0.29) is 16.4 Å². The van der Waals surface area contributed by atoms with Gasteiger partial charge in [-0.25, -0.2) is 0 Å². The second kappa shape index (κ2) is 6.12. The van der Waals surface area contributed by atoms with Crippen LogP contribution in [0.3, 0.4) is 0 Å². The predicted molar refractivity (Wildman–Crippen MR) is 63.0 cm³/mol. The molecule has 1 aromatic heterocycles. The number of aromatic nitrogens is 2. The van der Waals surface area contributed by atoms with Gasteiger partial charge < -0.3 is 9.64 Å². The molecule has 0 saturated carbocycles. The summed E-state index contributed by atoms with van der Waals surface area (Å²) >= 11 is 6.73. The Bertz CT molecular complexity index is 358. The first-order valence-corrected chi connectivity index (χ1v) is 6.08. The molecular weight excluding hydrogens is 250 g/mol. The molecule has 0 aliphatic carbocycles. The highest BCUT2D eigenvalue weighted by Gasteiger charge is 2.23. The minimum absolute atomic E-state index is 0.00479. The number of likely N-dealkylation sites (N-methyl/N-ethyl adjacent to an activating group) is 1. The number of nitrogens with zero attached hydrogens (tertiary/aromatic N) is 3. The molecule has 1 atom stereocenters. The van der Waals surface area contributed by atoms with E-state index in [1.54, 1.807) is 12.0 Å². The van der Waals surface area contributed by atoms with Crippen LogP contribution >= 0.6 is 22.9 Å². The van der Waals surface area contributed by atoms with Crippen molar-refractivity contribution in [3.63, 3.8) is 0 Å². The zero-order valence-corrected chi connectivity index (χ0v) is 11.0. The van der Waals surface area contributed by atoms with Crippen molar-refractivity contribution in [1.82, 2.24) is 15.1 Å². The van der Waals surface area contributed by atoms with Crippen LogP contribution in [0.5, 0.6) is 0 Å². The quantitative estimate of drug-likeness (QED) is 0.811. The van der Waals surface area contributed by atoms with Crippen LogP contribution in [-0.2, 0) is 4.74 Å². The fraction of sp³-hybridized carbons (Fsp3) is 0.667. The van der Waals surface area contributed by atoms with Crippen molar-refractivity contribution < 1.29 is 9.53 Å². The third kappa shape index (κ3) is 3.13. The van der Waals surface area contributed by atoms with Gasteiger partial charge in [-0.1, -0.05) is 11.3 Å². The van der Waals surface area contributed by atoms with E-state index in [2.05, 4.69) is 10.2 Å². The van der Waals surface area contributed by atoms with E-state index in [4.69, 9.17) is 16.3 Å². The number of rotatable bonds is 5. The van der Waals surface area contributed by atoms with Gasteiger partial charge in [0.05, 0.1) is 12.6 Å². The van der Waals surface area contributed by atoms with Crippen molar-refractivity contribution >= 4 is 28.8 Å². The van der Waals surface area contributed by atoms with Gasteiger partial charge in [0.25, 0.3) is 5.91 Å². The Balaban J connectivity index is 2.77. The number of amides is 1. The first kappa shape index (κ1) is 13.3. The lowest BCUT2D eigenvalue weighted by Gasteiger charge is -2.26. The highest BCUT2D eigenvalue weighted by Crippen LogP contribution is 2.17. The van der Waals surface area contributed by atoms with Crippen molar-refractivity contribution in [2.75, 3.05) is 20.3 Å². The Hall–Kier alpha value is -0.720. The fourth-order valence-corrected chi connectivity index (χ4v) is 2.19. The molecule has 0 radical (unpaired) electrons. The molecular formula is C9H14ClN3O2S. The normalized spacial score (nSPS) is 12.5. The summed E-state index contributed by atoms with van der Waals surface area (Å²) in [6.45, 7) is 4.92. The molecule has 0 aromatic carbocycles. The van der Waals surface area contributed by atoms with Crippen LogP contribution in [0.2, 0.25) is 4.47 Å². The molecule has 0 N–H and O–H groups in total. The molecule has 0 spiro atoms. The van der Waals surface area contributed by atoms with Gasteiger partial charge in [0.1, 0.15) is 0 Å².